The van der Waals surface area contributed by atoms with Gasteiger partial charge in [0.25, 0.3) is 5.56 Å². The topological polar surface area (TPSA) is 73.8 Å². The molecule has 0 fully saturated rings. The fourth-order valence-corrected chi connectivity index (χ4v) is 3.70. The molecule has 3 aromatic rings. The molecule has 3 heterocycles. The van der Waals surface area contributed by atoms with E-state index in [9.17, 15) is 18.0 Å². The van der Waals surface area contributed by atoms with Gasteiger partial charge in [-0.15, -0.1) is 11.3 Å². The van der Waals surface area contributed by atoms with E-state index in [0.717, 1.165) is 20.4 Å². The van der Waals surface area contributed by atoms with Crippen LogP contribution in [-0.2, 0) is 12.7 Å². The maximum Gasteiger partial charge on any atom is 0.417 e. The Labute approximate surface area is 148 Å². The number of aromatic nitrogens is 3. The number of pyridine rings is 1. The first-order valence-corrected chi connectivity index (χ1v) is 8.26. The van der Waals surface area contributed by atoms with Crippen LogP contribution in [0.3, 0.4) is 0 Å². The Morgan fingerprint density at radius 3 is 2.64 bits per heavy atom. The van der Waals surface area contributed by atoms with Crippen molar-refractivity contribution in [2.45, 2.75) is 26.6 Å². The molecule has 3 aromatic heterocycles. The molecule has 0 saturated heterocycles. The first-order valence-electron chi connectivity index (χ1n) is 7.07. The molecule has 5 nitrogen and oxygen atoms in total. The van der Waals surface area contributed by atoms with Crippen molar-refractivity contribution in [3.63, 3.8) is 0 Å². The van der Waals surface area contributed by atoms with E-state index in [1.165, 1.54) is 11.3 Å². The van der Waals surface area contributed by atoms with Gasteiger partial charge in [0.1, 0.15) is 15.7 Å². The maximum absolute atomic E-state index is 12.9. The lowest BCUT2D eigenvalue weighted by molar-refractivity contribution is -0.138. The quantitative estimate of drug-likeness (QED) is 0.725. The van der Waals surface area contributed by atoms with Crippen LogP contribution in [0.25, 0.3) is 10.2 Å². The molecule has 0 atom stereocenters. The van der Waals surface area contributed by atoms with Crippen LogP contribution in [-0.4, -0.2) is 14.5 Å². The highest BCUT2D eigenvalue weighted by molar-refractivity contribution is 7.18. The van der Waals surface area contributed by atoms with E-state index >= 15 is 0 Å². The molecule has 0 aliphatic rings. The molecule has 0 aliphatic heterocycles. The maximum atomic E-state index is 12.9. The van der Waals surface area contributed by atoms with Gasteiger partial charge in [-0.3, -0.25) is 4.79 Å². The number of thiophene rings is 1. The molecular formula is C15H12ClF3N4OS. The van der Waals surface area contributed by atoms with Crippen molar-refractivity contribution < 1.29 is 13.2 Å². The molecule has 0 amide bonds. The molecule has 0 unspecified atom stereocenters. The van der Waals surface area contributed by atoms with Gasteiger partial charge >= 0.3 is 6.18 Å². The number of nitrogens with zero attached hydrogens (tertiary/aromatic N) is 3. The Hall–Kier alpha value is -2.13. The van der Waals surface area contributed by atoms with Crippen molar-refractivity contribution in [1.82, 2.24) is 14.5 Å². The molecule has 0 spiro atoms. The lowest BCUT2D eigenvalue weighted by Crippen LogP contribution is -2.24. The zero-order chi connectivity index (χ0) is 18.5. The van der Waals surface area contributed by atoms with E-state index in [2.05, 4.69) is 9.97 Å². The molecule has 0 bridgehead atoms. The van der Waals surface area contributed by atoms with E-state index in [0.29, 0.717) is 17.1 Å². The summed E-state index contributed by atoms with van der Waals surface area (Å²) >= 11 is 7.05. The van der Waals surface area contributed by atoms with E-state index in [-0.39, 0.29) is 18.2 Å². The van der Waals surface area contributed by atoms with E-state index < -0.39 is 22.3 Å². The first-order chi connectivity index (χ1) is 11.6. The number of alkyl halides is 3. The second kappa shape index (κ2) is 5.99. The van der Waals surface area contributed by atoms with Crippen LogP contribution in [0.4, 0.5) is 19.0 Å². The molecule has 0 aliphatic carbocycles. The second-order valence-corrected chi connectivity index (χ2v) is 7.11. The summed E-state index contributed by atoms with van der Waals surface area (Å²) in [5, 5.41) is 0.201. The zero-order valence-corrected chi connectivity index (χ0v) is 14.7. The van der Waals surface area contributed by atoms with Gasteiger partial charge in [-0.2, -0.15) is 13.2 Å². The fourth-order valence-electron chi connectivity index (χ4n) is 2.42. The van der Waals surface area contributed by atoms with Crippen molar-refractivity contribution in [3.8, 4) is 0 Å². The average Bonchev–Trinajstić information content (AvgIpc) is 2.77. The van der Waals surface area contributed by atoms with Crippen molar-refractivity contribution >= 4 is 39.0 Å². The second-order valence-electron chi connectivity index (χ2n) is 5.50. The monoisotopic (exact) mass is 388 g/mol. The number of anilines is 1. The van der Waals surface area contributed by atoms with E-state index in [1.807, 2.05) is 13.8 Å². The van der Waals surface area contributed by atoms with Crippen LogP contribution in [0.2, 0.25) is 5.02 Å². The minimum Gasteiger partial charge on any atom is -0.383 e. The number of rotatable bonds is 2. The third-order valence-electron chi connectivity index (χ3n) is 3.78. The Morgan fingerprint density at radius 2 is 2.00 bits per heavy atom. The van der Waals surface area contributed by atoms with Gasteiger partial charge < -0.3 is 10.3 Å². The normalized spacial score (nSPS) is 12.1. The Morgan fingerprint density at radius 1 is 1.32 bits per heavy atom. The van der Waals surface area contributed by atoms with Gasteiger partial charge in [0.15, 0.2) is 5.82 Å². The van der Waals surface area contributed by atoms with Gasteiger partial charge in [-0.05, 0) is 25.5 Å². The fraction of sp³-hybridized carbons (Fsp3) is 0.267. The molecule has 2 N–H and O–H groups in total. The van der Waals surface area contributed by atoms with Crippen LogP contribution in [0, 0.1) is 13.8 Å². The SMILES string of the molecule is Cc1sc2nc(Cn3cc(C(F)(F)F)cc(Cl)c3=O)nc(N)c2c1C. The first kappa shape index (κ1) is 17.7. The zero-order valence-electron chi connectivity index (χ0n) is 13.1. The number of fused-ring (bicyclic) bond motifs is 1. The predicted octanol–water partition coefficient (Wildman–Crippen LogP) is 3.77. The summed E-state index contributed by atoms with van der Waals surface area (Å²) in [4.78, 5) is 22.1. The third kappa shape index (κ3) is 3.21. The van der Waals surface area contributed by atoms with Crippen LogP contribution < -0.4 is 11.3 Å². The van der Waals surface area contributed by atoms with Crippen molar-refractivity contribution in [3.05, 3.63) is 49.5 Å². The number of halogens is 4. The standard InChI is InChI=1S/C15H12ClF3N4OS/c1-6-7(2)25-13-11(6)12(20)21-10(22-13)5-23-4-8(15(17,18)19)3-9(16)14(23)24/h3-4H,5H2,1-2H3,(H2,20,21,22). The van der Waals surface area contributed by atoms with Gasteiger partial charge in [0, 0.05) is 11.1 Å². The van der Waals surface area contributed by atoms with Crippen LogP contribution in [0.5, 0.6) is 0 Å². The van der Waals surface area contributed by atoms with Crippen molar-refractivity contribution in [2.75, 3.05) is 5.73 Å². The molecule has 10 heteroatoms. The van der Waals surface area contributed by atoms with Crippen molar-refractivity contribution in [2.24, 2.45) is 0 Å². The van der Waals surface area contributed by atoms with Gasteiger partial charge in [-0.25, -0.2) is 9.97 Å². The Balaban J connectivity index is 2.10. The van der Waals surface area contributed by atoms with Crippen LogP contribution in [0.15, 0.2) is 17.1 Å². The summed E-state index contributed by atoms with van der Waals surface area (Å²) < 4.78 is 39.6. The average molecular weight is 389 g/mol. The smallest absolute Gasteiger partial charge is 0.383 e. The summed E-state index contributed by atoms with van der Waals surface area (Å²) in [5.41, 5.74) is 5.14. The van der Waals surface area contributed by atoms with E-state index in [4.69, 9.17) is 17.3 Å². The molecule has 0 radical (unpaired) electrons. The summed E-state index contributed by atoms with van der Waals surface area (Å²) in [6.07, 6.45) is -3.92. The van der Waals surface area contributed by atoms with E-state index in [1.54, 1.807) is 0 Å². The predicted molar refractivity (Wildman–Crippen MR) is 91.1 cm³/mol. The number of hydrogen-bond acceptors (Lipinski definition) is 5. The van der Waals surface area contributed by atoms with Gasteiger partial charge in [0.2, 0.25) is 0 Å². The highest BCUT2D eigenvalue weighted by Crippen LogP contribution is 2.32. The minimum atomic E-state index is -4.62. The third-order valence-corrected chi connectivity index (χ3v) is 5.16. The number of aryl methyl sites for hydroxylation is 2. The molecular weight excluding hydrogens is 377 g/mol. The number of hydrogen-bond donors (Lipinski definition) is 1. The number of nitrogens with two attached hydrogens (primary N) is 1. The Kier molecular flexibility index (Phi) is 4.24. The highest BCUT2D eigenvalue weighted by Gasteiger charge is 2.32. The lowest BCUT2D eigenvalue weighted by atomic mass is 10.2. The largest absolute Gasteiger partial charge is 0.417 e. The van der Waals surface area contributed by atoms with Gasteiger partial charge in [0.05, 0.1) is 17.5 Å². The highest BCUT2D eigenvalue weighted by atomic mass is 35.5. The molecule has 25 heavy (non-hydrogen) atoms. The summed E-state index contributed by atoms with van der Waals surface area (Å²) in [6.45, 7) is 3.54. The van der Waals surface area contributed by atoms with Crippen LogP contribution in [0.1, 0.15) is 21.8 Å². The minimum absolute atomic E-state index is 0.142. The lowest BCUT2D eigenvalue weighted by Gasteiger charge is -2.11. The molecule has 0 saturated carbocycles. The molecule has 0 aromatic carbocycles. The summed E-state index contributed by atoms with van der Waals surface area (Å²) in [5.74, 6) is 0.372. The molecule has 132 valence electrons. The van der Waals surface area contributed by atoms with Crippen molar-refractivity contribution in [1.29, 1.82) is 0 Å². The number of nitrogen functional groups attached to an aromatic ring is 1. The molecule has 3 rings (SSSR count). The summed E-state index contributed by atoms with van der Waals surface area (Å²) in [7, 11) is 0. The Bertz CT molecular complexity index is 1040. The summed E-state index contributed by atoms with van der Waals surface area (Å²) in [6, 6.07) is 0.602. The van der Waals surface area contributed by atoms with Crippen LogP contribution >= 0.6 is 22.9 Å². The van der Waals surface area contributed by atoms with Gasteiger partial charge in [-0.1, -0.05) is 11.6 Å².